The molecule has 0 N–H and O–H groups in total. The second-order valence-corrected chi connectivity index (χ2v) is 15.0. The molecule has 0 spiro atoms. The molecule has 0 aromatic rings. The van der Waals surface area contributed by atoms with Gasteiger partial charge in [0.25, 0.3) is 0 Å². The lowest BCUT2D eigenvalue weighted by atomic mass is 10.6. The van der Waals surface area contributed by atoms with Gasteiger partial charge >= 0.3 is 0 Å². The van der Waals surface area contributed by atoms with Crippen LogP contribution in [-0.2, 0) is 23.7 Å². The molecule has 0 radical (unpaired) electrons. The molecule has 0 aromatic heterocycles. The molecule has 3 aliphatic rings. The molecule has 0 aromatic carbocycles. The predicted molar refractivity (Wildman–Crippen MR) is 158 cm³/mol. The van der Waals surface area contributed by atoms with Gasteiger partial charge in [0.1, 0.15) is 0 Å². The van der Waals surface area contributed by atoms with Crippen LogP contribution in [0.5, 0.6) is 0 Å². The number of ether oxygens (including phenoxy) is 5. The van der Waals surface area contributed by atoms with E-state index in [-0.39, 0.29) is 0 Å². The van der Waals surface area contributed by atoms with Gasteiger partial charge in [-0.05, 0) is 0 Å². The van der Waals surface area contributed by atoms with Gasteiger partial charge < -0.3 is 23.7 Å². The van der Waals surface area contributed by atoms with Crippen LogP contribution in [0.15, 0.2) is 26.8 Å². The molecular weight excluding hydrogens is 672 g/mol. The Balaban J connectivity index is 1.53. The molecule has 0 unspecified atom stereocenters. The average molecular weight is 701 g/mol. The number of rotatable bonds is 2. The molecule has 0 saturated heterocycles. The first-order chi connectivity index (χ1) is 16.3. The van der Waals surface area contributed by atoms with Crippen LogP contribution in [0.3, 0.4) is 0 Å². The molecule has 3 heterocycles. The molecule has 188 valence electrons. The summed E-state index contributed by atoms with van der Waals surface area (Å²) >= 11 is 18.7. The summed E-state index contributed by atoms with van der Waals surface area (Å²) in [6.07, 6.45) is 0. The molecule has 0 aliphatic carbocycles. The van der Waals surface area contributed by atoms with Crippen LogP contribution in [0.2, 0.25) is 0 Å². The second-order valence-electron chi connectivity index (χ2n) is 6.43. The van der Waals surface area contributed by atoms with Gasteiger partial charge in [-0.2, -0.15) is 0 Å². The van der Waals surface area contributed by atoms with Gasteiger partial charge in [0.2, 0.25) is 0 Å². The van der Waals surface area contributed by atoms with Crippen LogP contribution in [0, 0.1) is 0 Å². The maximum absolute atomic E-state index is 5.76. The first-order valence-electron chi connectivity index (χ1n) is 10.5. The van der Waals surface area contributed by atoms with Gasteiger partial charge in [-0.15, -0.1) is 23.5 Å². The van der Waals surface area contributed by atoms with Gasteiger partial charge in [0.05, 0.1) is 83.0 Å². The minimum atomic E-state index is 0.580. The van der Waals surface area contributed by atoms with Crippen molar-refractivity contribution in [1.82, 2.24) is 0 Å². The second kappa shape index (κ2) is 18.4. The fourth-order valence-electron chi connectivity index (χ4n) is 2.55. The molecule has 0 saturated carbocycles. The van der Waals surface area contributed by atoms with Crippen molar-refractivity contribution in [3.8, 4) is 0 Å². The highest BCUT2D eigenvalue weighted by atomic mass is 79.9. The Morgan fingerprint density at radius 2 is 0.788 bits per heavy atom. The highest BCUT2D eigenvalue weighted by molar-refractivity contribution is 9.09. The Morgan fingerprint density at radius 1 is 0.455 bits per heavy atom. The van der Waals surface area contributed by atoms with E-state index in [4.69, 9.17) is 23.7 Å². The van der Waals surface area contributed by atoms with Crippen molar-refractivity contribution >= 4 is 102 Å². The zero-order valence-electron chi connectivity index (χ0n) is 18.1. The summed E-state index contributed by atoms with van der Waals surface area (Å²) < 4.78 is 33.6. The predicted octanol–water partition coefficient (Wildman–Crippen LogP) is 6.76. The first kappa shape index (κ1) is 29.6. The van der Waals surface area contributed by atoms with Gasteiger partial charge in [0.15, 0.2) is 0 Å². The standard InChI is InChI=1S/C20H28Br2O5S6/c21-13-15-16(14-22)31-19(30-15)20-32-17-18(33-20)29-12-10-27-8-6-25-4-2-23-1-3-24-5-7-26-9-11-28-17/h1-14H2. The summed E-state index contributed by atoms with van der Waals surface area (Å²) in [5.41, 5.74) is 0. The Hall–Kier alpha value is 2.08. The van der Waals surface area contributed by atoms with Gasteiger partial charge in [-0.3, -0.25) is 0 Å². The Labute approximate surface area is 239 Å². The van der Waals surface area contributed by atoms with E-state index >= 15 is 0 Å². The molecule has 5 nitrogen and oxygen atoms in total. The van der Waals surface area contributed by atoms with Crippen LogP contribution >= 0.6 is 102 Å². The van der Waals surface area contributed by atoms with E-state index in [2.05, 4.69) is 31.9 Å². The molecule has 3 rings (SSSR count). The first-order valence-corrected chi connectivity index (χ1v) is 18.0. The van der Waals surface area contributed by atoms with Crippen molar-refractivity contribution in [3.63, 3.8) is 0 Å². The Kier molecular flexibility index (Phi) is 16.5. The topological polar surface area (TPSA) is 46.2 Å². The lowest BCUT2D eigenvalue weighted by Crippen LogP contribution is -2.13. The third-order valence-electron chi connectivity index (χ3n) is 4.10. The minimum Gasteiger partial charge on any atom is -0.378 e. The van der Waals surface area contributed by atoms with E-state index < -0.39 is 0 Å². The summed E-state index contributed by atoms with van der Waals surface area (Å²) in [4.78, 5) is 2.82. The van der Waals surface area contributed by atoms with E-state index in [9.17, 15) is 0 Å². The van der Waals surface area contributed by atoms with Gasteiger partial charge in [-0.25, -0.2) is 0 Å². The Bertz CT molecular complexity index is 654. The van der Waals surface area contributed by atoms with Gasteiger partial charge in [-0.1, -0.05) is 78.9 Å². The SMILES string of the molecule is BrCC1=C(CBr)SC(=C2SC3=C(SCCOCCOCCOCCOCCOCCS3)S2)S1. The minimum absolute atomic E-state index is 0.580. The fraction of sp³-hybridized carbons (Fsp3) is 0.700. The lowest BCUT2D eigenvalue weighted by Gasteiger charge is -2.07. The highest BCUT2D eigenvalue weighted by Gasteiger charge is 2.29. The summed E-state index contributed by atoms with van der Waals surface area (Å²) in [5, 5.41) is 1.81. The van der Waals surface area contributed by atoms with Crippen molar-refractivity contribution in [2.45, 2.75) is 0 Å². The van der Waals surface area contributed by atoms with Crippen molar-refractivity contribution in [2.24, 2.45) is 0 Å². The molecule has 0 amide bonds. The van der Waals surface area contributed by atoms with Crippen molar-refractivity contribution in [3.05, 3.63) is 26.8 Å². The zero-order chi connectivity index (χ0) is 23.1. The largest absolute Gasteiger partial charge is 0.378 e. The van der Waals surface area contributed by atoms with Crippen molar-refractivity contribution in [1.29, 1.82) is 0 Å². The van der Waals surface area contributed by atoms with E-state index in [1.807, 2.05) is 70.6 Å². The normalized spacial score (nSPS) is 24.2. The third kappa shape index (κ3) is 11.2. The summed E-state index contributed by atoms with van der Waals surface area (Å²) in [6, 6.07) is 0. The number of hydrogen-bond acceptors (Lipinski definition) is 11. The zero-order valence-corrected chi connectivity index (χ0v) is 26.2. The summed E-state index contributed by atoms with van der Waals surface area (Å²) in [5.74, 6) is 1.87. The number of thioether (sulfide) groups is 6. The number of alkyl halides is 2. The fourth-order valence-corrected chi connectivity index (χ4v) is 12.7. The number of allylic oxidation sites excluding steroid dienone is 2. The highest BCUT2D eigenvalue weighted by Crippen LogP contribution is 2.63. The number of halogens is 2. The van der Waals surface area contributed by atoms with Crippen LogP contribution in [0.4, 0.5) is 0 Å². The molecule has 0 bridgehead atoms. The maximum Gasteiger partial charge on any atom is 0.0717 e. The van der Waals surface area contributed by atoms with Crippen LogP contribution in [-0.4, -0.2) is 88.2 Å². The van der Waals surface area contributed by atoms with Crippen molar-refractivity contribution < 1.29 is 23.7 Å². The Morgan fingerprint density at radius 3 is 1.15 bits per heavy atom. The van der Waals surface area contributed by atoms with Crippen molar-refractivity contribution in [2.75, 3.05) is 88.2 Å². The van der Waals surface area contributed by atoms with E-state index in [0.29, 0.717) is 52.9 Å². The van der Waals surface area contributed by atoms with Crippen LogP contribution in [0.25, 0.3) is 0 Å². The van der Waals surface area contributed by atoms with E-state index in [1.54, 1.807) is 0 Å². The van der Waals surface area contributed by atoms with E-state index in [0.717, 1.165) is 35.4 Å². The molecule has 13 heteroatoms. The maximum atomic E-state index is 5.76. The lowest BCUT2D eigenvalue weighted by molar-refractivity contribution is -0.00902. The van der Waals surface area contributed by atoms with Gasteiger partial charge in [0, 0.05) is 32.0 Å². The number of hydrogen-bond donors (Lipinski definition) is 0. The van der Waals surface area contributed by atoms with E-state index in [1.165, 1.54) is 26.8 Å². The van der Waals surface area contributed by atoms with Crippen LogP contribution < -0.4 is 0 Å². The summed E-state index contributed by atoms with van der Waals surface area (Å²) in [6.45, 7) is 6.18. The molecule has 33 heavy (non-hydrogen) atoms. The molecule has 0 atom stereocenters. The monoisotopic (exact) mass is 698 g/mol. The molecule has 0 fully saturated rings. The quantitative estimate of drug-likeness (QED) is 0.287. The summed E-state index contributed by atoms with van der Waals surface area (Å²) in [7, 11) is 0. The van der Waals surface area contributed by atoms with Crippen LogP contribution in [0.1, 0.15) is 0 Å². The molecule has 3 aliphatic heterocycles. The third-order valence-corrected chi connectivity index (χ3v) is 14.6. The molecular formula is C20H28Br2O5S6. The average Bonchev–Trinajstić information content (AvgIpc) is 3.43. The smallest absolute Gasteiger partial charge is 0.0717 e.